The van der Waals surface area contributed by atoms with Crippen LogP contribution in [0.5, 0.6) is 0 Å². The largest absolute Gasteiger partial charge is 0.392 e. The van der Waals surface area contributed by atoms with Crippen molar-refractivity contribution in [3.05, 3.63) is 58.1 Å². The van der Waals surface area contributed by atoms with Crippen molar-refractivity contribution < 1.29 is 13.5 Å². The Morgan fingerprint density at radius 2 is 1.86 bits per heavy atom. The molecular formula is C15H16ClNO3S. The van der Waals surface area contributed by atoms with Crippen LogP contribution in [0.25, 0.3) is 0 Å². The minimum absolute atomic E-state index is 0.0398. The average Bonchev–Trinajstić information content (AvgIpc) is 2.44. The molecule has 112 valence electrons. The number of anilines is 1. The molecule has 0 atom stereocenters. The van der Waals surface area contributed by atoms with Gasteiger partial charge in [-0.3, -0.25) is 4.72 Å². The summed E-state index contributed by atoms with van der Waals surface area (Å²) in [7, 11) is -3.78. The number of aryl methyl sites for hydroxylation is 2. The van der Waals surface area contributed by atoms with Crippen molar-refractivity contribution in [2.45, 2.75) is 25.3 Å². The highest BCUT2D eigenvalue weighted by Crippen LogP contribution is 2.27. The van der Waals surface area contributed by atoms with E-state index in [9.17, 15) is 8.42 Å². The molecule has 0 saturated carbocycles. The van der Waals surface area contributed by atoms with Crippen molar-refractivity contribution in [3.63, 3.8) is 0 Å². The fourth-order valence-corrected chi connectivity index (χ4v) is 3.61. The number of aliphatic hydroxyl groups excluding tert-OH is 1. The smallest absolute Gasteiger partial charge is 0.263 e. The molecule has 0 fully saturated rings. The zero-order valence-corrected chi connectivity index (χ0v) is 13.3. The van der Waals surface area contributed by atoms with Crippen LogP contribution in [0.3, 0.4) is 0 Å². The van der Waals surface area contributed by atoms with E-state index in [1.165, 1.54) is 6.07 Å². The summed E-state index contributed by atoms with van der Waals surface area (Å²) in [6.45, 7) is 3.38. The summed E-state index contributed by atoms with van der Waals surface area (Å²) in [6.07, 6.45) is 0. The minimum Gasteiger partial charge on any atom is -0.392 e. The summed E-state index contributed by atoms with van der Waals surface area (Å²) in [4.78, 5) is 0.0398. The van der Waals surface area contributed by atoms with Gasteiger partial charge in [-0.15, -0.1) is 0 Å². The molecule has 21 heavy (non-hydrogen) atoms. The normalized spacial score (nSPS) is 11.4. The number of rotatable bonds is 4. The maximum absolute atomic E-state index is 12.5. The Bertz CT molecular complexity index is 772. The molecule has 2 aromatic carbocycles. The first-order valence-electron chi connectivity index (χ1n) is 6.33. The van der Waals surface area contributed by atoms with E-state index in [-0.39, 0.29) is 16.5 Å². The fraction of sp³-hybridized carbons (Fsp3) is 0.200. The molecule has 6 heteroatoms. The van der Waals surface area contributed by atoms with Gasteiger partial charge in [-0.05, 0) is 42.7 Å². The molecule has 0 heterocycles. The first-order valence-corrected chi connectivity index (χ1v) is 8.19. The lowest BCUT2D eigenvalue weighted by molar-refractivity contribution is 0.282. The molecule has 2 rings (SSSR count). The van der Waals surface area contributed by atoms with Crippen LogP contribution in [0.1, 0.15) is 16.7 Å². The Labute approximate surface area is 129 Å². The summed E-state index contributed by atoms with van der Waals surface area (Å²) in [5, 5.41) is 9.36. The van der Waals surface area contributed by atoms with Crippen LogP contribution in [-0.4, -0.2) is 13.5 Å². The topological polar surface area (TPSA) is 66.4 Å². The van der Waals surface area contributed by atoms with Gasteiger partial charge in [0.05, 0.1) is 17.3 Å². The highest BCUT2D eigenvalue weighted by Gasteiger charge is 2.19. The van der Waals surface area contributed by atoms with Crippen LogP contribution < -0.4 is 4.72 Å². The van der Waals surface area contributed by atoms with Crippen molar-refractivity contribution in [1.82, 2.24) is 0 Å². The fourth-order valence-electron chi connectivity index (χ4n) is 1.91. The van der Waals surface area contributed by atoms with Crippen LogP contribution in [-0.2, 0) is 16.6 Å². The Morgan fingerprint density at radius 3 is 2.52 bits per heavy atom. The standard InChI is InChI=1S/C15H16ClNO3S/c1-10-6-7-12(9-18)8-13(10)17-21(19,20)14-5-3-4-11(2)15(14)16/h3-8,17-18H,9H2,1-2H3. The number of hydrogen-bond acceptors (Lipinski definition) is 3. The van der Waals surface area contributed by atoms with Gasteiger partial charge in [0.25, 0.3) is 10.0 Å². The molecule has 0 bridgehead atoms. The van der Waals surface area contributed by atoms with E-state index < -0.39 is 10.0 Å². The second-order valence-corrected chi connectivity index (χ2v) is 6.83. The Hall–Kier alpha value is -1.56. The Morgan fingerprint density at radius 1 is 1.14 bits per heavy atom. The van der Waals surface area contributed by atoms with Crippen molar-refractivity contribution >= 4 is 27.3 Å². The van der Waals surface area contributed by atoms with E-state index >= 15 is 0 Å². The second kappa shape index (κ2) is 6.05. The van der Waals surface area contributed by atoms with Gasteiger partial charge in [0.2, 0.25) is 0 Å². The van der Waals surface area contributed by atoms with Crippen molar-refractivity contribution in [2.75, 3.05) is 4.72 Å². The Balaban J connectivity index is 2.45. The van der Waals surface area contributed by atoms with E-state index in [4.69, 9.17) is 16.7 Å². The molecule has 0 amide bonds. The minimum atomic E-state index is -3.78. The zero-order valence-electron chi connectivity index (χ0n) is 11.7. The van der Waals surface area contributed by atoms with Gasteiger partial charge in [-0.2, -0.15) is 0 Å². The number of hydrogen-bond donors (Lipinski definition) is 2. The molecule has 2 N–H and O–H groups in total. The van der Waals surface area contributed by atoms with E-state index in [1.54, 1.807) is 44.2 Å². The number of aliphatic hydroxyl groups is 1. The summed E-state index contributed by atoms with van der Waals surface area (Å²) in [6, 6.07) is 9.96. The highest BCUT2D eigenvalue weighted by atomic mass is 35.5. The molecule has 0 aromatic heterocycles. The summed E-state index contributed by atoms with van der Waals surface area (Å²) in [5.74, 6) is 0. The average molecular weight is 326 g/mol. The molecule has 0 unspecified atom stereocenters. The van der Waals surface area contributed by atoms with Gasteiger partial charge in [0.1, 0.15) is 4.90 Å². The van der Waals surface area contributed by atoms with Crippen LogP contribution >= 0.6 is 11.6 Å². The number of benzene rings is 2. The second-order valence-electron chi connectivity index (χ2n) is 4.80. The summed E-state index contributed by atoms with van der Waals surface area (Å²) in [5.41, 5.74) is 2.52. The SMILES string of the molecule is Cc1ccc(CO)cc1NS(=O)(=O)c1cccc(C)c1Cl. The van der Waals surface area contributed by atoms with Crippen molar-refractivity contribution in [2.24, 2.45) is 0 Å². The predicted molar refractivity (Wildman–Crippen MR) is 84.1 cm³/mol. The quantitative estimate of drug-likeness (QED) is 0.906. The third-order valence-corrected chi connectivity index (χ3v) is 5.20. The molecule has 0 aliphatic carbocycles. The third-order valence-electron chi connectivity index (χ3n) is 3.17. The van der Waals surface area contributed by atoms with E-state index in [0.717, 1.165) is 5.56 Å². The monoisotopic (exact) mass is 325 g/mol. The molecule has 4 nitrogen and oxygen atoms in total. The molecule has 0 spiro atoms. The van der Waals surface area contributed by atoms with Gasteiger partial charge in [0.15, 0.2) is 0 Å². The molecule has 0 aliphatic heterocycles. The Kier molecular flexibility index (Phi) is 4.56. The molecule has 0 saturated heterocycles. The van der Waals surface area contributed by atoms with Gasteiger partial charge in [-0.25, -0.2) is 8.42 Å². The highest BCUT2D eigenvalue weighted by molar-refractivity contribution is 7.92. The van der Waals surface area contributed by atoms with Crippen LogP contribution in [0.4, 0.5) is 5.69 Å². The first kappa shape index (κ1) is 15.8. The van der Waals surface area contributed by atoms with Gasteiger partial charge >= 0.3 is 0 Å². The molecule has 0 radical (unpaired) electrons. The van der Waals surface area contributed by atoms with Crippen LogP contribution in [0, 0.1) is 13.8 Å². The van der Waals surface area contributed by atoms with Crippen LogP contribution in [0.2, 0.25) is 5.02 Å². The number of halogens is 1. The maximum Gasteiger partial charge on any atom is 0.263 e. The first-order chi connectivity index (χ1) is 9.85. The lowest BCUT2D eigenvalue weighted by atomic mass is 10.1. The molecular weight excluding hydrogens is 310 g/mol. The van der Waals surface area contributed by atoms with Crippen molar-refractivity contribution in [3.8, 4) is 0 Å². The van der Waals surface area contributed by atoms with E-state index in [2.05, 4.69) is 4.72 Å². The summed E-state index contributed by atoms with van der Waals surface area (Å²) < 4.78 is 27.5. The van der Waals surface area contributed by atoms with Crippen LogP contribution in [0.15, 0.2) is 41.3 Å². The summed E-state index contributed by atoms with van der Waals surface area (Å²) >= 11 is 6.08. The maximum atomic E-state index is 12.5. The lowest BCUT2D eigenvalue weighted by Gasteiger charge is -2.13. The van der Waals surface area contributed by atoms with E-state index in [1.807, 2.05) is 0 Å². The van der Waals surface area contributed by atoms with Gasteiger partial charge in [0, 0.05) is 0 Å². The molecule has 2 aromatic rings. The van der Waals surface area contributed by atoms with Gasteiger partial charge in [-0.1, -0.05) is 35.9 Å². The third kappa shape index (κ3) is 3.37. The van der Waals surface area contributed by atoms with Crippen molar-refractivity contribution in [1.29, 1.82) is 0 Å². The zero-order chi connectivity index (χ0) is 15.6. The lowest BCUT2D eigenvalue weighted by Crippen LogP contribution is -2.14. The van der Waals surface area contributed by atoms with E-state index in [0.29, 0.717) is 16.8 Å². The predicted octanol–water partition coefficient (Wildman–Crippen LogP) is 3.25. The van der Waals surface area contributed by atoms with Gasteiger partial charge < -0.3 is 5.11 Å². The number of sulfonamides is 1. The molecule has 0 aliphatic rings. The number of nitrogens with one attached hydrogen (secondary N) is 1.